The Morgan fingerprint density at radius 3 is 2.84 bits per heavy atom. The van der Waals surface area contributed by atoms with Crippen molar-refractivity contribution in [3.63, 3.8) is 0 Å². The number of aromatic hydroxyl groups is 1. The molecule has 2 saturated carbocycles. The number of benzene rings is 1. The SMILES string of the molecule is C=C1CC[C@@]2(O)[C@H]3Cc4ccc(O)c5c4[C@@]2(CCN3CC2CC2)[C@H]1C5. The largest absolute Gasteiger partial charge is 0.508 e. The Kier molecular flexibility index (Phi) is 2.66. The first-order valence-electron chi connectivity index (χ1n) is 10.0. The molecule has 3 fully saturated rings. The highest BCUT2D eigenvalue weighted by atomic mass is 16.3. The molecule has 1 saturated heterocycles. The van der Waals surface area contributed by atoms with Crippen molar-refractivity contribution in [3.8, 4) is 5.75 Å². The van der Waals surface area contributed by atoms with E-state index >= 15 is 0 Å². The highest BCUT2D eigenvalue weighted by Crippen LogP contribution is 2.66. The second-order valence-corrected chi connectivity index (χ2v) is 9.32. The van der Waals surface area contributed by atoms with E-state index < -0.39 is 5.60 Å². The summed E-state index contributed by atoms with van der Waals surface area (Å²) in [5, 5.41) is 22.7. The summed E-state index contributed by atoms with van der Waals surface area (Å²) in [4.78, 5) is 2.61. The molecule has 2 bridgehead atoms. The van der Waals surface area contributed by atoms with Crippen LogP contribution < -0.4 is 0 Å². The second kappa shape index (κ2) is 4.50. The van der Waals surface area contributed by atoms with Gasteiger partial charge < -0.3 is 10.2 Å². The number of rotatable bonds is 2. The Bertz CT molecular complexity index is 797. The molecule has 1 aliphatic heterocycles. The van der Waals surface area contributed by atoms with Crippen LogP contribution in [0.1, 0.15) is 48.8 Å². The lowest BCUT2D eigenvalue weighted by molar-refractivity contribution is -0.170. The molecule has 1 spiro atoms. The van der Waals surface area contributed by atoms with Crippen molar-refractivity contribution in [2.24, 2.45) is 11.8 Å². The number of nitrogens with zero attached hydrogens (tertiary/aromatic N) is 1. The van der Waals surface area contributed by atoms with E-state index in [1.807, 2.05) is 6.07 Å². The summed E-state index contributed by atoms with van der Waals surface area (Å²) in [6.45, 7) is 6.65. The van der Waals surface area contributed by atoms with Crippen molar-refractivity contribution in [1.29, 1.82) is 0 Å². The fourth-order valence-electron chi connectivity index (χ4n) is 7.04. The van der Waals surface area contributed by atoms with E-state index in [0.717, 1.165) is 56.7 Å². The third kappa shape index (κ3) is 1.61. The Labute approximate surface area is 149 Å². The maximum absolute atomic E-state index is 12.2. The van der Waals surface area contributed by atoms with Gasteiger partial charge in [0.05, 0.1) is 5.60 Å². The van der Waals surface area contributed by atoms with Crippen LogP contribution in [0.2, 0.25) is 0 Å². The minimum atomic E-state index is -0.655. The van der Waals surface area contributed by atoms with Crippen molar-refractivity contribution < 1.29 is 10.2 Å². The van der Waals surface area contributed by atoms with Gasteiger partial charge in [-0.25, -0.2) is 0 Å². The predicted molar refractivity (Wildman–Crippen MR) is 96.7 cm³/mol. The summed E-state index contributed by atoms with van der Waals surface area (Å²) in [5.41, 5.74) is 4.23. The number of allylic oxidation sites excluding steroid dienone is 1. The zero-order valence-corrected chi connectivity index (χ0v) is 14.8. The molecule has 5 aliphatic rings. The molecule has 6 rings (SSSR count). The Morgan fingerprint density at radius 2 is 2.04 bits per heavy atom. The van der Waals surface area contributed by atoms with E-state index in [0.29, 0.717) is 11.7 Å². The molecule has 2 N–H and O–H groups in total. The van der Waals surface area contributed by atoms with Gasteiger partial charge >= 0.3 is 0 Å². The van der Waals surface area contributed by atoms with Gasteiger partial charge in [0.2, 0.25) is 0 Å². The zero-order valence-electron chi connectivity index (χ0n) is 14.8. The molecule has 25 heavy (non-hydrogen) atoms. The molecule has 1 aromatic rings. The van der Waals surface area contributed by atoms with Crippen molar-refractivity contribution >= 4 is 0 Å². The molecule has 0 aromatic heterocycles. The Balaban J connectivity index is 1.58. The van der Waals surface area contributed by atoms with Crippen LogP contribution in [-0.2, 0) is 18.3 Å². The molecule has 4 atom stereocenters. The standard InChI is InChI=1S/C22H27NO2/c1-13-6-7-22(25)19-10-15-4-5-18(24)16-11-17(13)21(22,20(15)16)8-9-23(19)12-14-2-3-14/h4-5,14,17,19,24-25H,1-3,6-12H2/t17-,19+,21+,22+/m0/s1. The maximum atomic E-state index is 12.2. The average Bonchev–Trinajstić information content (AvgIpc) is 3.32. The van der Waals surface area contributed by atoms with Gasteiger partial charge in [-0.1, -0.05) is 18.2 Å². The Morgan fingerprint density at radius 1 is 1.20 bits per heavy atom. The van der Waals surface area contributed by atoms with Gasteiger partial charge in [0.25, 0.3) is 0 Å². The first-order valence-corrected chi connectivity index (χ1v) is 10.0. The third-order valence-electron chi connectivity index (χ3n) is 8.30. The van der Waals surface area contributed by atoms with Crippen LogP contribution >= 0.6 is 0 Å². The monoisotopic (exact) mass is 337 g/mol. The molecule has 3 nitrogen and oxygen atoms in total. The highest BCUT2D eigenvalue weighted by molar-refractivity contribution is 5.60. The van der Waals surface area contributed by atoms with Gasteiger partial charge in [0.1, 0.15) is 5.75 Å². The van der Waals surface area contributed by atoms with Gasteiger partial charge in [0, 0.05) is 18.0 Å². The van der Waals surface area contributed by atoms with E-state index in [4.69, 9.17) is 0 Å². The lowest BCUT2D eigenvalue weighted by Crippen LogP contribution is -2.74. The number of phenols is 1. The smallest absolute Gasteiger partial charge is 0.119 e. The van der Waals surface area contributed by atoms with E-state index in [9.17, 15) is 10.2 Å². The Hall–Kier alpha value is -1.32. The first-order chi connectivity index (χ1) is 12.0. The lowest BCUT2D eigenvalue weighted by Gasteiger charge is -2.65. The molecule has 4 aliphatic carbocycles. The van der Waals surface area contributed by atoms with Crippen LogP contribution in [-0.4, -0.2) is 39.8 Å². The molecule has 3 heteroatoms. The summed E-state index contributed by atoms with van der Waals surface area (Å²) in [6, 6.07) is 4.25. The van der Waals surface area contributed by atoms with Gasteiger partial charge in [-0.2, -0.15) is 0 Å². The molecule has 132 valence electrons. The third-order valence-corrected chi connectivity index (χ3v) is 8.30. The maximum Gasteiger partial charge on any atom is 0.119 e. The van der Waals surface area contributed by atoms with Crippen LogP contribution in [0.4, 0.5) is 0 Å². The minimum absolute atomic E-state index is 0.200. The lowest BCUT2D eigenvalue weighted by atomic mass is 9.47. The topological polar surface area (TPSA) is 43.7 Å². The molecule has 0 radical (unpaired) electrons. The second-order valence-electron chi connectivity index (χ2n) is 9.32. The quantitative estimate of drug-likeness (QED) is 0.816. The van der Waals surface area contributed by atoms with E-state index in [-0.39, 0.29) is 11.5 Å². The van der Waals surface area contributed by atoms with Crippen molar-refractivity contribution in [1.82, 2.24) is 4.90 Å². The average molecular weight is 337 g/mol. The van der Waals surface area contributed by atoms with Crippen LogP contribution in [0, 0.1) is 11.8 Å². The van der Waals surface area contributed by atoms with Crippen molar-refractivity contribution in [2.45, 2.75) is 62.0 Å². The molecule has 1 aromatic carbocycles. The number of piperidine rings is 1. The number of hydrogen-bond acceptors (Lipinski definition) is 3. The summed E-state index contributed by atoms with van der Waals surface area (Å²) < 4.78 is 0. The van der Waals surface area contributed by atoms with E-state index in [2.05, 4.69) is 17.5 Å². The van der Waals surface area contributed by atoms with Gasteiger partial charge in [-0.3, -0.25) is 4.90 Å². The summed E-state index contributed by atoms with van der Waals surface area (Å²) >= 11 is 0. The predicted octanol–water partition coefficient (Wildman–Crippen LogP) is 2.92. The van der Waals surface area contributed by atoms with Gasteiger partial charge in [0.15, 0.2) is 0 Å². The molecular formula is C22H27NO2. The van der Waals surface area contributed by atoms with Crippen LogP contribution in [0.3, 0.4) is 0 Å². The highest BCUT2D eigenvalue weighted by Gasteiger charge is 2.70. The number of hydrogen-bond donors (Lipinski definition) is 2. The molecule has 0 amide bonds. The fourth-order valence-corrected chi connectivity index (χ4v) is 7.04. The van der Waals surface area contributed by atoms with Gasteiger partial charge in [-0.15, -0.1) is 0 Å². The minimum Gasteiger partial charge on any atom is -0.508 e. The number of aliphatic hydroxyl groups is 1. The van der Waals surface area contributed by atoms with Crippen molar-refractivity contribution in [2.75, 3.05) is 13.1 Å². The summed E-state index contributed by atoms with van der Waals surface area (Å²) in [7, 11) is 0. The van der Waals surface area contributed by atoms with Crippen LogP contribution in [0.5, 0.6) is 5.75 Å². The van der Waals surface area contributed by atoms with E-state index in [1.165, 1.54) is 29.5 Å². The van der Waals surface area contributed by atoms with E-state index in [1.54, 1.807) is 0 Å². The normalized spacial score (nSPS) is 41.7. The zero-order chi connectivity index (χ0) is 17.0. The summed E-state index contributed by atoms with van der Waals surface area (Å²) in [6.07, 6.45) is 7.31. The first kappa shape index (κ1) is 14.8. The summed E-state index contributed by atoms with van der Waals surface area (Å²) in [5.74, 6) is 1.59. The van der Waals surface area contributed by atoms with Crippen LogP contribution in [0.25, 0.3) is 0 Å². The number of phenolic OH excluding ortho intramolecular Hbond substituents is 1. The molecule has 1 heterocycles. The van der Waals surface area contributed by atoms with Gasteiger partial charge in [-0.05, 0) is 86.1 Å². The van der Waals surface area contributed by atoms with Crippen LogP contribution in [0.15, 0.2) is 24.3 Å². The molecular weight excluding hydrogens is 310 g/mol. The number of likely N-dealkylation sites (tertiary alicyclic amines) is 1. The fraction of sp³-hybridized carbons (Fsp3) is 0.636. The molecule has 0 unspecified atom stereocenters. The van der Waals surface area contributed by atoms with Crippen molar-refractivity contribution in [3.05, 3.63) is 41.0 Å².